The van der Waals surface area contributed by atoms with Gasteiger partial charge < -0.3 is 9.47 Å². The summed E-state index contributed by atoms with van der Waals surface area (Å²) >= 11 is 0. The Bertz CT molecular complexity index is 460. The predicted molar refractivity (Wildman–Crippen MR) is 82.2 cm³/mol. The molecule has 124 valence electrons. The van der Waals surface area contributed by atoms with E-state index in [1.165, 1.54) is 7.11 Å². The largest absolute Gasteiger partial charge is 0.469 e. The highest BCUT2D eigenvalue weighted by molar-refractivity contribution is 5.85. The van der Waals surface area contributed by atoms with Gasteiger partial charge in [0.05, 0.1) is 19.1 Å². The number of carbonyl (C=O) groups excluding carboxylic acids is 2. The van der Waals surface area contributed by atoms with Crippen LogP contribution in [0.2, 0.25) is 0 Å². The lowest BCUT2D eigenvalue weighted by Gasteiger charge is -2.42. The molecule has 4 nitrogen and oxygen atoms in total. The van der Waals surface area contributed by atoms with Crippen molar-refractivity contribution in [3.8, 4) is 0 Å². The third-order valence-corrected chi connectivity index (χ3v) is 6.71. The summed E-state index contributed by atoms with van der Waals surface area (Å²) in [5.41, 5.74) is 0.0514. The Balaban J connectivity index is 1.98. The zero-order chi connectivity index (χ0) is 15.9. The standard InChI is InChI=1S/C18H28O4/c1-18-9-7-11-5-4-6-12(17(20)22-3)14(11)16(21-2)15(18)13(19)8-10-18/h11-12,14-16H,4-10H2,1-3H3/t11-,12-,14+,15-,16-,18-/m0/s1. The average molecular weight is 308 g/mol. The molecule has 0 spiro atoms. The van der Waals surface area contributed by atoms with Crippen LogP contribution in [0, 0.1) is 29.1 Å². The first kappa shape index (κ1) is 16.0. The number of Topliss-reactive ketones (excluding diaryl/α,β-unsaturated/α-hetero) is 1. The maximum atomic E-state index is 12.6. The lowest BCUT2D eigenvalue weighted by atomic mass is 9.66. The molecule has 3 aliphatic carbocycles. The molecule has 0 amide bonds. The smallest absolute Gasteiger partial charge is 0.309 e. The molecule has 0 N–H and O–H groups in total. The fraction of sp³-hybridized carbons (Fsp3) is 0.889. The van der Waals surface area contributed by atoms with E-state index in [0.29, 0.717) is 18.1 Å². The number of ether oxygens (including phenoxy) is 2. The van der Waals surface area contributed by atoms with Gasteiger partial charge >= 0.3 is 5.97 Å². The van der Waals surface area contributed by atoms with Gasteiger partial charge in [0, 0.05) is 25.4 Å². The van der Waals surface area contributed by atoms with Gasteiger partial charge in [-0.25, -0.2) is 0 Å². The molecule has 0 aromatic rings. The number of hydrogen-bond donors (Lipinski definition) is 0. The summed E-state index contributed by atoms with van der Waals surface area (Å²) in [5.74, 6) is 0.690. The average Bonchev–Trinajstić information content (AvgIpc) is 2.75. The Morgan fingerprint density at radius 2 is 1.95 bits per heavy atom. The second-order valence-corrected chi connectivity index (χ2v) is 7.73. The summed E-state index contributed by atoms with van der Waals surface area (Å²) < 4.78 is 10.9. The summed E-state index contributed by atoms with van der Waals surface area (Å²) in [6, 6.07) is 0. The normalized spacial score (nSPS) is 44.9. The van der Waals surface area contributed by atoms with E-state index < -0.39 is 0 Å². The molecule has 22 heavy (non-hydrogen) atoms. The molecular weight excluding hydrogens is 280 g/mol. The number of ketones is 1. The highest BCUT2D eigenvalue weighted by atomic mass is 16.5. The van der Waals surface area contributed by atoms with E-state index in [1.54, 1.807) is 7.11 Å². The molecule has 0 bridgehead atoms. The van der Waals surface area contributed by atoms with Gasteiger partial charge in [-0.1, -0.05) is 19.8 Å². The molecule has 0 radical (unpaired) electrons. The summed E-state index contributed by atoms with van der Waals surface area (Å²) in [6.07, 6.45) is 6.79. The van der Waals surface area contributed by atoms with Gasteiger partial charge in [-0.15, -0.1) is 0 Å². The Morgan fingerprint density at radius 3 is 2.64 bits per heavy atom. The van der Waals surface area contributed by atoms with E-state index in [1.807, 2.05) is 0 Å². The van der Waals surface area contributed by atoms with Gasteiger partial charge in [0.1, 0.15) is 5.78 Å². The van der Waals surface area contributed by atoms with Crippen LogP contribution in [0.15, 0.2) is 0 Å². The van der Waals surface area contributed by atoms with Crippen LogP contribution >= 0.6 is 0 Å². The fourth-order valence-electron chi connectivity index (χ4n) is 5.57. The zero-order valence-electron chi connectivity index (χ0n) is 14.0. The van der Waals surface area contributed by atoms with Crippen molar-refractivity contribution in [1.82, 2.24) is 0 Å². The Kier molecular flexibility index (Phi) is 4.32. The number of methoxy groups -OCH3 is 2. The minimum Gasteiger partial charge on any atom is -0.469 e. The van der Waals surface area contributed by atoms with Crippen molar-refractivity contribution < 1.29 is 19.1 Å². The minimum atomic E-state index is -0.128. The van der Waals surface area contributed by atoms with Crippen molar-refractivity contribution in [1.29, 1.82) is 0 Å². The molecule has 3 fully saturated rings. The second kappa shape index (κ2) is 5.95. The van der Waals surface area contributed by atoms with Crippen molar-refractivity contribution in [3.05, 3.63) is 0 Å². The summed E-state index contributed by atoms with van der Waals surface area (Å²) in [4.78, 5) is 24.8. The predicted octanol–water partition coefficient (Wildman–Crippen LogP) is 2.99. The van der Waals surface area contributed by atoms with Crippen LogP contribution in [0.3, 0.4) is 0 Å². The first-order valence-electron chi connectivity index (χ1n) is 8.65. The van der Waals surface area contributed by atoms with E-state index in [0.717, 1.165) is 38.5 Å². The van der Waals surface area contributed by atoms with E-state index in [-0.39, 0.29) is 35.2 Å². The van der Waals surface area contributed by atoms with Gasteiger partial charge in [-0.05, 0) is 37.0 Å². The topological polar surface area (TPSA) is 52.6 Å². The molecule has 0 aromatic heterocycles. The van der Waals surface area contributed by atoms with Crippen molar-refractivity contribution >= 4 is 11.8 Å². The lowest BCUT2D eigenvalue weighted by Crippen LogP contribution is -2.47. The number of esters is 1. The third kappa shape index (κ3) is 2.40. The summed E-state index contributed by atoms with van der Waals surface area (Å²) in [7, 11) is 3.18. The van der Waals surface area contributed by atoms with Gasteiger partial charge in [-0.2, -0.15) is 0 Å². The van der Waals surface area contributed by atoms with Crippen molar-refractivity contribution in [2.24, 2.45) is 29.1 Å². The number of carbonyl (C=O) groups is 2. The van der Waals surface area contributed by atoms with Crippen LogP contribution in [0.5, 0.6) is 0 Å². The van der Waals surface area contributed by atoms with Crippen molar-refractivity contribution in [2.45, 2.75) is 58.0 Å². The fourth-order valence-corrected chi connectivity index (χ4v) is 5.57. The Hall–Kier alpha value is -0.900. The number of fused-ring (bicyclic) bond motifs is 2. The third-order valence-electron chi connectivity index (χ3n) is 6.71. The van der Waals surface area contributed by atoms with Crippen LogP contribution in [0.4, 0.5) is 0 Å². The highest BCUT2D eigenvalue weighted by Crippen LogP contribution is 2.56. The molecule has 0 saturated heterocycles. The SMILES string of the molecule is COC(=O)[C@H]1CCC[C@H]2CC[C@@]3(C)CCC(=O)[C@H]3[C@@H](OC)[C@H]21. The lowest BCUT2D eigenvalue weighted by molar-refractivity contribution is -0.157. The Labute approximate surface area is 132 Å². The van der Waals surface area contributed by atoms with Gasteiger partial charge in [0.2, 0.25) is 0 Å². The van der Waals surface area contributed by atoms with E-state index in [9.17, 15) is 9.59 Å². The minimum absolute atomic E-state index is 0.0437. The highest BCUT2D eigenvalue weighted by Gasteiger charge is 2.56. The van der Waals surface area contributed by atoms with Crippen molar-refractivity contribution in [2.75, 3.05) is 14.2 Å². The van der Waals surface area contributed by atoms with E-state index in [2.05, 4.69) is 6.92 Å². The van der Waals surface area contributed by atoms with Crippen LogP contribution in [0.1, 0.15) is 51.9 Å². The van der Waals surface area contributed by atoms with Crippen LogP contribution < -0.4 is 0 Å². The van der Waals surface area contributed by atoms with Gasteiger partial charge in [-0.3, -0.25) is 9.59 Å². The molecular formula is C18H28O4. The molecule has 0 heterocycles. The molecule has 6 atom stereocenters. The maximum Gasteiger partial charge on any atom is 0.309 e. The van der Waals surface area contributed by atoms with E-state index >= 15 is 0 Å². The number of hydrogen-bond acceptors (Lipinski definition) is 4. The second-order valence-electron chi connectivity index (χ2n) is 7.73. The molecule has 0 unspecified atom stereocenters. The molecule has 3 rings (SSSR count). The molecule has 3 saturated carbocycles. The monoisotopic (exact) mass is 308 g/mol. The summed E-state index contributed by atoms with van der Waals surface area (Å²) in [6.45, 7) is 2.25. The maximum absolute atomic E-state index is 12.6. The van der Waals surface area contributed by atoms with Gasteiger partial charge in [0.25, 0.3) is 0 Å². The molecule has 4 heteroatoms. The Morgan fingerprint density at radius 1 is 1.18 bits per heavy atom. The molecule has 3 aliphatic rings. The van der Waals surface area contributed by atoms with Crippen LogP contribution in [0.25, 0.3) is 0 Å². The summed E-state index contributed by atoms with van der Waals surface area (Å²) in [5, 5.41) is 0. The van der Waals surface area contributed by atoms with E-state index in [4.69, 9.17) is 9.47 Å². The molecule has 0 aliphatic heterocycles. The first-order chi connectivity index (χ1) is 10.5. The quantitative estimate of drug-likeness (QED) is 0.736. The van der Waals surface area contributed by atoms with Gasteiger partial charge in [0.15, 0.2) is 0 Å². The molecule has 0 aromatic carbocycles. The number of rotatable bonds is 2. The zero-order valence-corrected chi connectivity index (χ0v) is 14.0. The van der Waals surface area contributed by atoms with Crippen LogP contribution in [-0.4, -0.2) is 32.1 Å². The first-order valence-corrected chi connectivity index (χ1v) is 8.65. The van der Waals surface area contributed by atoms with Crippen molar-refractivity contribution in [3.63, 3.8) is 0 Å². The van der Waals surface area contributed by atoms with Crippen LogP contribution in [-0.2, 0) is 19.1 Å².